The van der Waals surface area contributed by atoms with Crippen molar-refractivity contribution in [3.63, 3.8) is 0 Å². The number of carboxylic acids is 1. The highest BCUT2D eigenvalue weighted by Gasteiger charge is 2.29. The summed E-state index contributed by atoms with van der Waals surface area (Å²) < 4.78 is 0. The third-order valence-corrected chi connectivity index (χ3v) is 3.90. The molecular formula is C16H23NO2. The van der Waals surface area contributed by atoms with Crippen LogP contribution in [0.15, 0.2) is 30.3 Å². The summed E-state index contributed by atoms with van der Waals surface area (Å²) in [4.78, 5) is 13.2. The summed E-state index contributed by atoms with van der Waals surface area (Å²) in [5.41, 5.74) is 1.40. The molecule has 1 aliphatic rings. The van der Waals surface area contributed by atoms with Gasteiger partial charge in [-0.3, -0.25) is 9.69 Å². The number of hydrogen-bond donors (Lipinski definition) is 1. The second kappa shape index (κ2) is 7.29. The third kappa shape index (κ3) is 4.35. The Balaban J connectivity index is 1.60. The number of aryl methyl sites for hydroxylation is 1. The van der Waals surface area contributed by atoms with Gasteiger partial charge in [0.1, 0.15) is 6.04 Å². The molecule has 0 radical (unpaired) electrons. The Labute approximate surface area is 115 Å². The molecule has 19 heavy (non-hydrogen) atoms. The molecule has 0 bridgehead atoms. The van der Waals surface area contributed by atoms with E-state index >= 15 is 0 Å². The van der Waals surface area contributed by atoms with E-state index in [0.29, 0.717) is 0 Å². The normalized spacial score (nSPS) is 19.7. The van der Waals surface area contributed by atoms with Crippen LogP contribution in [0.4, 0.5) is 0 Å². The minimum absolute atomic E-state index is 0.228. The van der Waals surface area contributed by atoms with Crippen LogP contribution in [0.1, 0.15) is 37.7 Å². The number of aliphatic carboxylic acids is 1. The van der Waals surface area contributed by atoms with Gasteiger partial charge in [0.25, 0.3) is 0 Å². The van der Waals surface area contributed by atoms with Gasteiger partial charge in [0, 0.05) is 0 Å². The van der Waals surface area contributed by atoms with E-state index in [1.165, 1.54) is 18.4 Å². The van der Waals surface area contributed by atoms with Crippen LogP contribution < -0.4 is 0 Å². The van der Waals surface area contributed by atoms with E-state index in [2.05, 4.69) is 29.2 Å². The van der Waals surface area contributed by atoms with Crippen LogP contribution in [0.2, 0.25) is 0 Å². The molecule has 3 heteroatoms. The lowest BCUT2D eigenvalue weighted by Gasteiger charge is -2.20. The molecule has 1 saturated heterocycles. The lowest BCUT2D eigenvalue weighted by Crippen LogP contribution is -2.36. The van der Waals surface area contributed by atoms with Gasteiger partial charge in [0.15, 0.2) is 0 Å². The molecule has 1 aromatic rings. The van der Waals surface area contributed by atoms with Gasteiger partial charge >= 0.3 is 5.97 Å². The number of likely N-dealkylation sites (tertiary alicyclic amines) is 1. The minimum atomic E-state index is -0.651. The lowest BCUT2D eigenvalue weighted by atomic mass is 10.1. The van der Waals surface area contributed by atoms with E-state index in [-0.39, 0.29) is 6.04 Å². The number of carboxylic acid groups (broad SMARTS) is 1. The molecular weight excluding hydrogens is 238 g/mol. The molecule has 1 aliphatic heterocycles. The Morgan fingerprint density at radius 2 is 2.00 bits per heavy atom. The zero-order chi connectivity index (χ0) is 13.5. The summed E-state index contributed by atoms with van der Waals surface area (Å²) in [7, 11) is 0. The summed E-state index contributed by atoms with van der Waals surface area (Å²) in [6, 6.07) is 10.3. The summed E-state index contributed by atoms with van der Waals surface area (Å²) in [6.45, 7) is 1.89. The van der Waals surface area contributed by atoms with Crippen molar-refractivity contribution < 1.29 is 9.90 Å². The molecule has 104 valence electrons. The first-order valence-electron chi connectivity index (χ1n) is 7.28. The average molecular weight is 261 g/mol. The molecule has 2 rings (SSSR count). The van der Waals surface area contributed by atoms with Crippen molar-refractivity contribution in [3.8, 4) is 0 Å². The molecule has 1 aromatic carbocycles. The van der Waals surface area contributed by atoms with E-state index in [1.807, 2.05) is 6.07 Å². The number of benzene rings is 1. The molecule has 0 unspecified atom stereocenters. The predicted octanol–water partition coefficient (Wildman–Crippen LogP) is 2.95. The average Bonchev–Trinajstić information content (AvgIpc) is 2.88. The number of rotatable bonds is 7. The van der Waals surface area contributed by atoms with Crippen LogP contribution in [-0.4, -0.2) is 35.1 Å². The lowest BCUT2D eigenvalue weighted by molar-refractivity contribution is -0.142. The molecule has 1 N–H and O–H groups in total. The molecule has 0 amide bonds. The second-order valence-electron chi connectivity index (χ2n) is 5.33. The zero-order valence-corrected chi connectivity index (χ0v) is 11.4. The molecule has 0 aliphatic carbocycles. The number of hydrogen-bond acceptors (Lipinski definition) is 2. The van der Waals surface area contributed by atoms with Crippen LogP contribution >= 0.6 is 0 Å². The van der Waals surface area contributed by atoms with Crippen molar-refractivity contribution in [1.82, 2.24) is 4.90 Å². The van der Waals surface area contributed by atoms with Crippen LogP contribution in [0.25, 0.3) is 0 Å². The van der Waals surface area contributed by atoms with Gasteiger partial charge in [0.2, 0.25) is 0 Å². The summed E-state index contributed by atoms with van der Waals surface area (Å²) in [5, 5.41) is 9.09. The second-order valence-corrected chi connectivity index (χ2v) is 5.33. The number of carbonyl (C=O) groups is 1. The Hall–Kier alpha value is -1.35. The molecule has 0 saturated carbocycles. The van der Waals surface area contributed by atoms with E-state index in [9.17, 15) is 4.79 Å². The smallest absolute Gasteiger partial charge is 0.320 e. The number of nitrogens with zero attached hydrogens (tertiary/aromatic N) is 1. The first kappa shape index (κ1) is 14.1. The quantitative estimate of drug-likeness (QED) is 0.767. The minimum Gasteiger partial charge on any atom is -0.480 e. The zero-order valence-electron chi connectivity index (χ0n) is 11.4. The maximum Gasteiger partial charge on any atom is 0.320 e. The fourth-order valence-corrected chi connectivity index (χ4v) is 2.84. The molecule has 1 atom stereocenters. The SMILES string of the molecule is O=C(O)[C@H]1CCCN1CCCCCc1ccccc1. The monoisotopic (exact) mass is 261 g/mol. The van der Waals surface area contributed by atoms with Crippen LogP contribution in [-0.2, 0) is 11.2 Å². The van der Waals surface area contributed by atoms with Crippen molar-refractivity contribution in [2.45, 2.75) is 44.6 Å². The highest BCUT2D eigenvalue weighted by atomic mass is 16.4. The summed E-state index contributed by atoms with van der Waals surface area (Å²) in [6.07, 6.45) is 6.45. The fourth-order valence-electron chi connectivity index (χ4n) is 2.84. The molecule has 3 nitrogen and oxygen atoms in total. The Bertz CT molecular complexity index is 391. The van der Waals surface area contributed by atoms with Gasteiger partial charge in [-0.1, -0.05) is 36.8 Å². The van der Waals surface area contributed by atoms with Crippen molar-refractivity contribution in [1.29, 1.82) is 0 Å². The molecule has 1 fully saturated rings. The van der Waals surface area contributed by atoms with Crippen molar-refractivity contribution in [2.24, 2.45) is 0 Å². The summed E-state index contributed by atoms with van der Waals surface area (Å²) >= 11 is 0. The number of unbranched alkanes of at least 4 members (excludes halogenated alkanes) is 2. The van der Waals surface area contributed by atoms with Crippen molar-refractivity contribution >= 4 is 5.97 Å². The highest BCUT2D eigenvalue weighted by molar-refractivity contribution is 5.73. The van der Waals surface area contributed by atoms with Crippen LogP contribution in [0, 0.1) is 0 Å². The maximum absolute atomic E-state index is 11.0. The Morgan fingerprint density at radius 1 is 1.21 bits per heavy atom. The van der Waals surface area contributed by atoms with Gasteiger partial charge in [-0.25, -0.2) is 0 Å². The first-order chi connectivity index (χ1) is 9.27. The van der Waals surface area contributed by atoms with Crippen molar-refractivity contribution in [3.05, 3.63) is 35.9 Å². The summed E-state index contributed by atoms with van der Waals surface area (Å²) in [5.74, 6) is -0.651. The van der Waals surface area contributed by atoms with E-state index in [0.717, 1.165) is 38.8 Å². The standard InChI is InChI=1S/C16H23NO2/c18-16(19)15-11-7-13-17(15)12-6-2-5-10-14-8-3-1-4-9-14/h1,3-4,8-9,15H,2,5-7,10-13H2,(H,18,19)/t15-/m1/s1. The van der Waals surface area contributed by atoms with Gasteiger partial charge < -0.3 is 5.11 Å². The highest BCUT2D eigenvalue weighted by Crippen LogP contribution is 2.18. The third-order valence-electron chi connectivity index (χ3n) is 3.90. The van der Waals surface area contributed by atoms with Gasteiger partial charge in [0.05, 0.1) is 0 Å². The largest absolute Gasteiger partial charge is 0.480 e. The van der Waals surface area contributed by atoms with E-state index in [1.54, 1.807) is 0 Å². The maximum atomic E-state index is 11.0. The van der Waals surface area contributed by atoms with Gasteiger partial charge in [-0.05, 0) is 50.8 Å². The Kier molecular flexibility index (Phi) is 5.40. The molecule has 1 heterocycles. The van der Waals surface area contributed by atoms with Gasteiger partial charge in [-0.2, -0.15) is 0 Å². The van der Waals surface area contributed by atoms with Gasteiger partial charge in [-0.15, -0.1) is 0 Å². The molecule has 0 spiro atoms. The first-order valence-corrected chi connectivity index (χ1v) is 7.28. The van der Waals surface area contributed by atoms with Crippen LogP contribution in [0.3, 0.4) is 0 Å². The fraction of sp³-hybridized carbons (Fsp3) is 0.562. The van der Waals surface area contributed by atoms with E-state index < -0.39 is 5.97 Å². The predicted molar refractivity (Wildman–Crippen MR) is 76.2 cm³/mol. The van der Waals surface area contributed by atoms with E-state index in [4.69, 9.17) is 5.11 Å². The Morgan fingerprint density at radius 3 is 2.74 bits per heavy atom. The topological polar surface area (TPSA) is 40.5 Å². The van der Waals surface area contributed by atoms with Crippen LogP contribution in [0.5, 0.6) is 0 Å². The molecule has 0 aromatic heterocycles. The van der Waals surface area contributed by atoms with Crippen molar-refractivity contribution in [2.75, 3.05) is 13.1 Å².